The molecule has 0 aromatic heterocycles. The molecular weight excluding hydrogens is 378 g/mol. The summed E-state index contributed by atoms with van der Waals surface area (Å²) in [6.45, 7) is 3.83. The molecule has 2 aromatic rings. The molecule has 156 valence electrons. The van der Waals surface area contributed by atoms with Crippen molar-refractivity contribution in [2.24, 2.45) is 0 Å². The third kappa shape index (κ3) is 6.85. The van der Waals surface area contributed by atoms with Gasteiger partial charge < -0.3 is 15.0 Å². The van der Waals surface area contributed by atoms with Crippen molar-refractivity contribution in [2.45, 2.75) is 39.3 Å². The van der Waals surface area contributed by atoms with E-state index in [1.165, 1.54) is 35.2 Å². The van der Waals surface area contributed by atoms with Crippen LogP contribution >= 0.6 is 0 Å². The van der Waals surface area contributed by atoms with Gasteiger partial charge >= 0.3 is 0 Å². The van der Waals surface area contributed by atoms with Gasteiger partial charge in [0.25, 0.3) is 5.91 Å². The van der Waals surface area contributed by atoms with Crippen LogP contribution in [0, 0.1) is 11.6 Å². The van der Waals surface area contributed by atoms with E-state index < -0.39 is 24.4 Å². The van der Waals surface area contributed by atoms with Crippen molar-refractivity contribution >= 4 is 11.8 Å². The number of ether oxygens (including phenoxy) is 1. The fourth-order valence-electron chi connectivity index (χ4n) is 2.69. The second-order valence-corrected chi connectivity index (χ2v) is 6.69. The molecule has 0 aliphatic rings. The zero-order valence-electron chi connectivity index (χ0n) is 16.7. The Bertz CT molecular complexity index is 812. The summed E-state index contributed by atoms with van der Waals surface area (Å²) in [5, 5.41) is 2.80. The summed E-state index contributed by atoms with van der Waals surface area (Å²) in [4.78, 5) is 26.6. The van der Waals surface area contributed by atoms with Gasteiger partial charge in [0, 0.05) is 13.1 Å². The second kappa shape index (κ2) is 11.1. The van der Waals surface area contributed by atoms with Crippen LogP contribution in [0.3, 0.4) is 0 Å². The topological polar surface area (TPSA) is 58.6 Å². The van der Waals surface area contributed by atoms with Crippen molar-refractivity contribution < 1.29 is 23.1 Å². The van der Waals surface area contributed by atoms with E-state index in [2.05, 4.69) is 5.32 Å². The zero-order valence-corrected chi connectivity index (χ0v) is 16.7. The van der Waals surface area contributed by atoms with Crippen LogP contribution in [0.5, 0.6) is 5.75 Å². The number of amides is 2. The van der Waals surface area contributed by atoms with E-state index in [1.807, 2.05) is 6.92 Å². The maximum Gasteiger partial charge on any atom is 0.261 e. The highest BCUT2D eigenvalue weighted by Gasteiger charge is 2.26. The molecule has 0 heterocycles. The van der Waals surface area contributed by atoms with E-state index in [1.54, 1.807) is 25.1 Å². The summed E-state index contributed by atoms with van der Waals surface area (Å²) < 4.78 is 32.2. The number of hydrogen-bond donors (Lipinski definition) is 1. The summed E-state index contributed by atoms with van der Waals surface area (Å²) in [5.41, 5.74) is 0.666. The number of nitrogens with one attached hydrogen (secondary N) is 1. The highest BCUT2D eigenvalue weighted by atomic mass is 19.1. The Balaban J connectivity index is 2.11. The first-order valence-corrected chi connectivity index (χ1v) is 9.61. The van der Waals surface area contributed by atoms with Crippen molar-refractivity contribution in [1.82, 2.24) is 10.2 Å². The minimum absolute atomic E-state index is 0.0392. The Labute approximate surface area is 169 Å². The molecule has 0 aliphatic heterocycles. The van der Waals surface area contributed by atoms with Gasteiger partial charge in [0.1, 0.15) is 11.9 Å². The predicted octanol–water partition coefficient (Wildman–Crippen LogP) is 3.68. The lowest BCUT2D eigenvalue weighted by Crippen LogP contribution is -2.49. The number of halogens is 2. The van der Waals surface area contributed by atoms with Crippen molar-refractivity contribution in [1.29, 1.82) is 0 Å². The Hall–Kier alpha value is -2.96. The number of rotatable bonds is 10. The molecule has 1 N–H and O–H groups in total. The third-order valence-corrected chi connectivity index (χ3v) is 4.45. The number of hydrogen-bond acceptors (Lipinski definition) is 3. The molecule has 5 nitrogen and oxygen atoms in total. The fraction of sp³-hybridized carbons (Fsp3) is 0.364. The molecule has 0 saturated heterocycles. The maximum atomic E-state index is 13.7. The van der Waals surface area contributed by atoms with Crippen LogP contribution in [0.15, 0.2) is 48.5 Å². The van der Waals surface area contributed by atoms with Crippen molar-refractivity contribution in [2.75, 3.05) is 13.2 Å². The molecule has 0 radical (unpaired) electrons. The van der Waals surface area contributed by atoms with E-state index in [0.29, 0.717) is 12.1 Å². The summed E-state index contributed by atoms with van der Waals surface area (Å²) in [6, 6.07) is 10.7. The van der Waals surface area contributed by atoms with Gasteiger partial charge in [-0.3, -0.25) is 9.59 Å². The number of para-hydroxylation sites is 1. The fourth-order valence-corrected chi connectivity index (χ4v) is 2.69. The van der Waals surface area contributed by atoms with Crippen LogP contribution in [0.25, 0.3) is 0 Å². The molecule has 7 heteroatoms. The number of carbonyl (C=O) groups is 2. The first-order chi connectivity index (χ1) is 13.9. The van der Waals surface area contributed by atoms with Gasteiger partial charge in [-0.15, -0.1) is 0 Å². The lowest BCUT2D eigenvalue weighted by Gasteiger charge is -2.28. The minimum atomic E-state index is -0.770. The van der Waals surface area contributed by atoms with Gasteiger partial charge in [-0.25, -0.2) is 8.78 Å². The summed E-state index contributed by atoms with van der Waals surface area (Å²) in [5.74, 6) is -1.77. The molecule has 2 aromatic carbocycles. The largest absolute Gasteiger partial charge is 0.481 e. The Morgan fingerprint density at radius 3 is 2.45 bits per heavy atom. The predicted molar refractivity (Wildman–Crippen MR) is 106 cm³/mol. The average Bonchev–Trinajstić information content (AvgIpc) is 2.72. The Morgan fingerprint density at radius 2 is 1.79 bits per heavy atom. The first kappa shape index (κ1) is 22.3. The van der Waals surface area contributed by atoms with Gasteiger partial charge in [0.2, 0.25) is 5.91 Å². The second-order valence-electron chi connectivity index (χ2n) is 6.69. The highest BCUT2D eigenvalue weighted by Crippen LogP contribution is 2.16. The molecule has 0 saturated carbocycles. The highest BCUT2D eigenvalue weighted by molar-refractivity contribution is 5.87. The number of nitrogens with zero attached hydrogens (tertiary/aromatic N) is 1. The molecule has 1 atom stereocenters. The number of unbranched alkanes of at least 4 members (excludes halogenated alkanes) is 1. The smallest absolute Gasteiger partial charge is 0.261 e. The van der Waals surface area contributed by atoms with Crippen LogP contribution in [0.1, 0.15) is 32.3 Å². The number of carbonyl (C=O) groups excluding carboxylic acids is 2. The van der Waals surface area contributed by atoms with E-state index in [9.17, 15) is 18.4 Å². The van der Waals surface area contributed by atoms with E-state index in [-0.39, 0.29) is 24.0 Å². The van der Waals surface area contributed by atoms with Crippen molar-refractivity contribution in [3.63, 3.8) is 0 Å². The third-order valence-electron chi connectivity index (χ3n) is 4.45. The average molecular weight is 404 g/mol. The van der Waals surface area contributed by atoms with Crippen LogP contribution in [0.2, 0.25) is 0 Å². The monoisotopic (exact) mass is 404 g/mol. The van der Waals surface area contributed by atoms with Gasteiger partial charge in [-0.1, -0.05) is 37.6 Å². The van der Waals surface area contributed by atoms with E-state index >= 15 is 0 Å². The molecule has 2 rings (SSSR count). The number of benzene rings is 2. The molecule has 0 unspecified atom stereocenters. The zero-order chi connectivity index (χ0) is 21.2. The normalized spacial score (nSPS) is 11.6. The maximum absolute atomic E-state index is 13.7. The molecule has 0 bridgehead atoms. The summed E-state index contributed by atoms with van der Waals surface area (Å²) >= 11 is 0. The van der Waals surface area contributed by atoms with E-state index in [0.717, 1.165) is 12.8 Å². The van der Waals surface area contributed by atoms with Crippen molar-refractivity contribution in [3.05, 3.63) is 65.7 Å². The quantitative estimate of drug-likeness (QED) is 0.615. The Kier molecular flexibility index (Phi) is 8.58. The molecule has 29 heavy (non-hydrogen) atoms. The van der Waals surface area contributed by atoms with Crippen LogP contribution in [-0.2, 0) is 16.1 Å². The SMILES string of the molecule is CCCCNC(=O)[C@@H](C)N(Cc1ccc(F)cc1)C(=O)COc1ccccc1F. The lowest BCUT2D eigenvalue weighted by atomic mass is 10.1. The molecular formula is C22H26F2N2O3. The molecule has 0 fully saturated rings. The first-order valence-electron chi connectivity index (χ1n) is 9.61. The summed E-state index contributed by atoms with van der Waals surface area (Å²) in [7, 11) is 0. The van der Waals surface area contributed by atoms with Gasteiger partial charge in [-0.2, -0.15) is 0 Å². The minimum Gasteiger partial charge on any atom is -0.481 e. The van der Waals surface area contributed by atoms with Gasteiger partial charge in [0.05, 0.1) is 0 Å². The molecule has 0 aliphatic carbocycles. The molecule has 2 amide bonds. The van der Waals surface area contributed by atoms with Gasteiger partial charge in [-0.05, 0) is 43.2 Å². The lowest BCUT2D eigenvalue weighted by molar-refractivity contribution is -0.142. The van der Waals surface area contributed by atoms with E-state index in [4.69, 9.17) is 4.74 Å². The van der Waals surface area contributed by atoms with Gasteiger partial charge in [0.15, 0.2) is 18.2 Å². The Morgan fingerprint density at radius 1 is 1.10 bits per heavy atom. The standard InChI is InChI=1S/C22H26F2N2O3/c1-3-4-13-25-22(28)16(2)26(14-17-9-11-18(23)12-10-17)21(27)15-29-20-8-6-5-7-19(20)24/h5-12,16H,3-4,13-15H2,1-2H3,(H,25,28)/t16-/m1/s1. The summed E-state index contributed by atoms with van der Waals surface area (Å²) in [6.07, 6.45) is 1.77. The van der Waals surface area contributed by atoms with Crippen molar-refractivity contribution in [3.8, 4) is 5.75 Å². The van der Waals surface area contributed by atoms with Crippen LogP contribution < -0.4 is 10.1 Å². The van der Waals surface area contributed by atoms with Crippen LogP contribution in [0.4, 0.5) is 8.78 Å². The van der Waals surface area contributed by atoms with Crippen LogP contribution in [-0.4, -0.2) is 35.9 Å². The molecule has 0 spiro atoms.